The molecule has 0 unspecified atom stereocenters. The molecule has 0 radical (unpaired) electrons. The molecule has 1 saturated heterocycles. The molecule has 152 valence electrons. The first kappa shape index (κ1) is 18.8. The summed E-state index contributed by atoms with van der Waals surface area (Å²) in [6.45, 7) is 1.94. The largest absolute Gasteiger partial charge is 0.293 e. The Morgan fingerprint density at radius 1 is 0.806 bits per heavy atom. The van der Waals surface area contributed by atoms with Gasteiger partial charge in [0.15, 0.2) is 6.04 Å². The van der Waals surface area contributed by atoms with Gasteiger partial charge in [-0.05, 0) is 31.2 Å². The van der Waals surface area contributed by atoms with Crippen LogP contribution in [-0.2, 0) is 9.59 Å². The number of Topliss-reactive ketones (excluding diaryl/α,β-unsaturated/α-hetero) is 1. The van der Waals surface area contributed by atoms with Gasteiger partial charge in [-0.3, -0.25) is 24.8 Å². The number of nitrogens with zero attached hydrogens (tertiary/aromatic N) is 2. The molecule has 3 aromatic rings. The number of hydrogen-bond donors (Lipinski definition) is 1. The van der Waals surface area contributed by atoms with Gasteiger partial charge in [-0.25, -0.2) is 4.90 Å². The number of amides is 2. The topological polar surface area (TPSA) is 69.7 Å². The fourth-order valence-electron chi connectivity index (χ4n) is 3.96. The van der Waals surface area contributed by atoms with Crippen molar-refractivity contribution in [2.75, 3.05) is 9.91 Å². The predicted molar refractivity (Wildman–Crippen MR) is 117 cm³/mol. The monoisotopic (exact) mass is 409 g/mol. The molecule has 0 aliphatic carbocycles. The summed E-state index contributed by atoms with van der Waals surface area (Å²) in [4.78, 5) is 41.3. The zero-order valence-electron chi connectivity index (χ0n) is 16.8. The number of allylic oxidation sites excluding steroid dienone is 1. The molecule has 3 aromatic carbocycles. The van der Waals surface area contributed by atoms with E-state index in [9.17, 15) is 14.4 Å². The summed E-state index contributed by atoms with van der Waals surface area (Å²) in [5.74, 6) is -1.20. The maximum atomic E-state index is 13.4. The third-order valence-electron chi connectivity index (χ3n) is 5.51. The molecule has 0 bridgehead atoms. The Labute approximate surface area is 179 Å². The highest BCUT2D eigenvalue weighted by Crippen LogP contribution is 2.37. The van der Waals surface area contributed by atoms with Crippen LogP contribution in [0.5, 0.6) is 0 Å². The summed E-state index contributed by atoms with van der Waals surface area (Å²) in [5, 5.41) is 1.60. The molecule has 0 aromatic heterocycles. The summed E-state index contributed by atoms with van der Waals surface area (Å²) in [6.07, 6.45) is 0. The summed E-state index contributed by atoms with van der Waals surface area (Å²) >= 11 is 0. The quantitative estimate of drug-likeness (QED) is 0.528. The maximum absolute atomic E-state index is 13.4. The number of anilines is 2. The molecule has 31 heavy (non-hydrogen) atoms. The number of carbonyl (C=O) groups excluding carboxylic acids is 3. The summed E-state index contributed by atoms with van der Waals surface area (Å²) in [7, 11) is 0. The first-order valence-corrected chi connectivity index (χ1v) is 9.96. The van der Waals surface area contributed by atoms with Crippen LogP contribution in [0.4, 0.5) is 11.4 Å². The van der Waals surface area contributed by atoms with Crippen LogP contribution in [0.2, 0.25) is 0 Å². The fraction of sp³-hybridized carbons (Fsp3) is 0.0800. The normalized spacial score (nSPS) is 17.8. The molecule has 6 heteroatoms. The van der Waals surface area contributed by atoms with E-state index in [4.69, 9.17) is 0 Å². The fourth-order valence-corrected chi connectivity index (χ4v) is 3.96. The number of para-hydroxylation sites is 1. The molecule has 1 atom stereocenters. The van der Waals surface area contributed by atoms with Crippen molar-refractivity contribution in [3.63, 3.8) is 0 Å². The minimum Gasteiger partial charge on any atom is -0.293 e. The van der Waals surface area contributed by atoms with Crippen molar-refractivity contribution in [1.29, 1.82) is 0 Å². The number of hydrazine groups is 1. The van der Waals surface area contributed by atoms with Gasteiger partial charge in [-0.2, -0.15) is 0 Å². The Hall–Kier alpha value is -4.19. The lowest BCUT2D eigenvalue weighted by molar-refractivity contribution is -0.121. The van der Waals surface area contributed by atoms with Crippen molar-refractivity contribution in [2.24, 2.45) is 0 Å². The maximum Gasteiger partial charge on any atom is 0.266 e. The van der Waals surface area contributed by atoms with E-state index in [2.05, 4.69) is 5.43 Å². The van der Waals surface area contributed by atoms with Gasteiger partial charge in [0.05, 0.1) is 16.9 Å². The standard InChI is InChI=1S/C25H19N3O3/c1-16-12-14-18(15-13-16)27-24(30)20-21(23(29)17-8-4-2-5-9-17)26-28(22(20)25(27)31)19-10-6-3-7-11-19/h2-15,22,26H,1H3/t22-/m1/s1. The van der Waals surface area contributed by atoms with Crippen LogP contribution >= 0.6 is 0 Å². The number of benzene rings is 3. The van der Waals surface area contributed by atoms with Crippen molar-refractivity contribution < 1.29 is 14.4 Å². The van der Waals surface area contributed by atoms with Crippen LogP contribution in [0.15, 0.2) is 96.2 Å². The van der Waals surface area contributed by atoms with E-state index < -0.39 is 17.9 Å². The number of fused-ring (bicyclic) bond motifs is 1. The number of carbonyl (C=O) groups is 3. The van der Waals surface area contributed by atoms with E-state index in [1.165, 1.54) is 0 Å². The van der Waals surface area contributed by atoms with Gasteiger partial charge in [0.2, 0.25) is 5.78 Å². The van der Waals surface area contributed by atoms with Crippen LogP contribution in [-0.4, -0.2) is 23.6 Å². The first-order chi connectivity index (χ1) is 15.1. The molecular weight excluding hydrogens is 390 g/mol. The average molecular weight is 409 g/mol. The second-order valence-electron chi connectivity index (χ2n) is 7.52. The molecule has 0 saturated carbocycles. The van der Waals surface area contributed by atoms with Crippen molar-refractivity contribution in [1.82, 2.24) is 5.43 Å². The molecule has 0 spiro atoms. The molecule has 1 fully saturated rings. The lowest BCUT2D eigenvalue weighted by Crippen LogP contribution is -2.46. The number of nitrogens with one attached hydrogen (secondary N) is 1. The second-order valence-corrected chi connectivity index (χ2v) is 7.52. The number of aryl methyl sites for hydroxylation is 1. The SMILES string of the molecule is Cc1ccc(N2C(=O)C3=C(C(=O)c4ccccc4)NN(c4ccccc4)[C@H]3C2=O)cc1. The highest BCUT2D eigenvalue weighted by atomic mass is 16.2. The molecule has 2 amide bonds. The van der Waals surface area contributed by atoms with Gasteiger partial charge in [0.25, 0.3) is 11.8 Å². The van der Waals surface area contributed by atoms with E-state index in [1.54, 1.807) is 41.4 Å². The third kappa shape index (κ3) is 3.00. The smallest absolute Gasteiger partial charge is 0.266 e. The number of rotatable bonds is 4. The van der Waals surface area contributed by atoms with Gasteiger partial charge in [0.1, 0.15) is 5.70 Å². The lowest BCUT2D eigenvalue weighted by Gasteiger charge is -2.26. The lowest BCUT2D eigenvalue weighted by atomic mass is 10.0. The molecule has 1 N–H and O–H groups in total. The zero-order chi connectivity index (χ0) is 21.5. The van der Waals surface area contributed by atoms with E-state index in [0.29, 0.717) is 16.9 Å². The van der Waals surface area contributed by atoms with Gasteiger partial charge in [-0.1, -0.05) is 66.2 Å². The third-order valence-corrected chi connectivity index (χ3v) is 5.51. The number of ketones is 1. The first-order valence-electron chi connectivity index (χ1n) is 9.96. The predicted octanol–water partition coefficient (Wildman–Crippen LogP) is 3.40. The Morgan fingerprint density at radius 3 is 2.06 bits per heavy atom. The van der Waals surface area contributed by atoms with Crippen LogP contribution in [0, 0.1) is 6.92 Å². The van der Waals surface area contributed by atoms with Crippen LogP contribution in [0.25, 0.3) is 0 Å². The van der Waals surface area contributed by atoms with Gasteiger partial charge >= 0.3 is 0 Å². The summed E-state index contributed by atoms with van der Waals surface area (Å²) in [6, 6.07) is 24.2. The minimum absolute atomic E-state index is 0.132. The molecular formula is C25H19N3O3. The molecule has 2 aliphatic heterocycles. The van der Waals surface area contributed by atoms with Crippen LogP contribution in [0.1, 0.15) is 15.9 Å². The molecule has 2 heterocycles. The highest BCUT2D eigenvalue weighted by Gasteiger charge is 2.54. The van der Waals surface area contributed by atoms with E-state index >= 15 is 0 Å². The van der Waals surface area contributed by atoms with Gasteiger partial charge < -0.3 is 0 Å². The van der Waals surface area contributed by atoms with Crippen molar-refractivity contribution in [2.45, 2.75) is 13.0 Å². The number of hydrogen-bond acceptors (Lipinski definition) is 5. The van der Waals surface area contributed by atoms with Crippen molar-refractivity contribution in [3.05, 3.63) is 107 Å². The van der Waals surface area contributed by atoms with Gasteiger partial charge in [0, 0.05) is 5.56 Å². The van der Waals surface area contributed by atoms with E-state index in [0.717, 1.165) is 10.5 Å². The molecule has 5 rings (SSSR count). The molecule has 6 nitrogen and oxygen atoms in total. The van der Waals surface area contributed by atoms with Crippen LogP contribution < -0.4 is 15.3 Å². The summed E-state index contributed by atoms with van der Waals surface area (Å²) < 4.78 is 0. The summed E-state index contributed by atoms with van der Waals surface area (Å²) in [5.41, 5.74) is 5.99. The molecule has 2 aliphatic rings. The van der Waals surface area contributed by atoms with Crippen molar-refractivity contribution >= 4 is 29.0 Å². The Bertz CT molecular complexity index is 1220. The zero-order valence-corrected chi connectivity index (χ0v) is 16.8. The van der Waals surface area contributed by atoms with Crippen LogP contribution in [0.3, 0.4) is 0 Å². The van der Waals surface area contributed by atoms with Crippen molar-refractivity contribution in [3.8, 4) is 0 Å². The highest BCUT2D eigenvalue weighted by molar-refractivity contribution is 6.34. The minimum atomic E-state index is -0.918. The van der Waals surface area contributed by atoms with E-state index in [1.807, 2.05) is 55.5 Å². The average Bonchev–Trinajstić information content (AvgIpc) is 3.32. The van der Waals surface area contributed by atoms with Gasteiger partial charge in [-0.15, -0.1) is 0 Å². The Balaban J connectivity index is 1.64. The Morgan fingerprint density at radius 2 is 1.42 bits per heavy atom. The van der Waals surface area contributed by atoms with E-state index in [-0.39, 0.29) is 17.1 Å². The second kappa shape index (κ2) is 7.25. The number of imide groups is 1. The Kier molecular flexibility index (Phi) is 4.40.